The molecule has 0 radical (unpaired) electrons. The number of nitrogens with two attached hydrogens (primary N) is 2. The SMILES string of the molecule is N/N=C(\N)c1ccccn1.O=CC(=O)c1ccco1.c1ccc(-c2nncc(-c3ccco3)n2)nc1. The second-order valence-corrected chi connectivity index (χ2v) is 6.55. The Kier molecular flexibility index (Phi) is 9.24. The zero-order chi connectivity index (χ0) is 25.6. The second kappa shape index (κ2) is 13.3. The van der Waals surface area contributed by atoms with Crippen molar-refractivity contribution in [1.29, 1.82) is 0 Å². The molecule has 180 valence electrons. The van der Waals surface area contributed by atoms with E-state index in [9.17, 15) is 9.59 Å². The van der Waals surface area contributed by atoms with Gasteiger partial charge in [-0.05, 0) is 48.5 Å². The molecule has 0 aliphatic rings. The van der Waals surface area contributed by atoms with Crippen LogP contribution in [0.4, 0.5) is 0 Å². The van der Waals surface area contributed by atoms with Crippen LogP contribution in [0.3, 0.4) is 0 Å². The third-order valence-corrected chi connectivity index (χ3v) is 4.16. The lowest BCUT2D eigenvalue weighted by molar-refractivity contribution is -0.104. The van der Waals surface area contributed by atoms with Gasteiger partial charge < -0.3 is 20.4 Å². The molecule has 0 unspecified atom stereocenters. The number of hydrogen-bond donors (Lipinski definition) is 2. The van der Waals surface area contributed by atoms with E-state index in [1.54, 1.807) is 49.1 Å². The monoisotopic (exact) mass is 484 g/mol. The predicted molar refractivity (Wildman–Crippen MR) is 129 cm³/mol. The van der Waals surface area contributed by atoms with Gasteiger partial charge in [-0.15, -0.1) is 5.10 Å². The lowest BCUT2D eigenvalue weighted by Crippen LogP contribution is -2.16. The zero-order valence-electron chi connectivity index (χ0n) is 18.7. The predicted octanol–water partition coefficient (Wildman–Crippen LogP) is 2.52. The first-order chi connectivity index (χ1) is 17.6. The highest BCUT2D eigenvalue weighted by Gasteiger charge is 2.08. The largest absolute Gasteiger partial charge is 0.463 e. The van der Waals surface area contributed by atoms with E-state index in [0.717, 1.165) is 0 Å². The van der Waals surface area contributed by atoms with Crippen LogP contribution in [0.25, 0.3) is 23.0 Å². The summed E-state index contributed by atoms with van der Waals surface area (Å²) in [6.07, 6.45) is 8.05. The molecule has 0 aliphatic heterocycles. The number of furan rings is 2. The van der Waals surface area contributed by atoms with Crippen LogP contribution in [-0.2, 0) is 4.79 Å². The normalized spacial score (nSPS) is 10.3. The van der Waals surface area contributed by atoms with E-state index < -0.39 is 5.78 Å². The summed E-state index contributed by atoms with van der Waals surface area (Å²) in [5, 5.41) is 11.1. The Hall–Kier alpha value is -5.52. The first-order valence-corrected chi connectivity index (χ1v) is 10.2. The van der Waals surface area contributed by atoms with Crippen molar-refractivity contribution in [3.63, 3.8) is 0 Å². The summed E-state index contributed by atoms with van der Waals surface area (Å²) in [5.74, 6) is 5.79. The summed E-state index contributed by atoms with van der Waals surface area (Å²) < 4.78 is 9.87. The number of carbonyl (C=O) groups is 2. The maximum atomic E-state index is 10.4. The Morgan fingerprint density at radius 3 is 2.22 bits per heavy atom. The molecule has 5 aromatic rings. The highest BCUT2D eigenvalue weighted by molar-refractivity contribution is 6.32. The molecule has 0 atom stereocenters. The standard InChI is InChI=1S/C12H8N4O.C6H8N4.C6H4O3/c1-2-6-13-9(4-1)12-15-10(8-14-16-12)11-5-3-7-17-11;7-6(10-8)5-3-1-2-4-9-5;7-4-5(8)6-2-1-3-9-6/h1-8H;1-4H,8H2,(H2,7,10);1-4H. The molecular weight excluding hydrogens is 464 g/mol. The molecular formula is C24H20N8O4. The van der Waals surface area contributed by atoms with Crippen molar-refractivity contribution >= 4 is 17.9 Å². The lowest BCUT2D eigenvalue weighted by atomic mass is 10.3. The molecule has 0 bridgehead atoms. The van der Waals surface area contributed by atoms with Crippen LogP contribution in [0.2, 0.25) is 0 Å². The van der Waals surface area contributed by atoms with Crippen molar-refractivity contribution < 1.29 is 18.4 Å². The maximum absolute atomic E-state index is 10.4. The quantitative estimate of drug-likeness (QED) is 0.0709. The Labute approximate surface area is 204 Å². The molecule has 0 saturated carbocycles. The average Bonchev–Trinajstić information content (AvgIpc) is 3.69. The van der Waals surface area contributed by atoms with E-state index in [-0.39, 0.29) is 17.9 Å². The van der Waals surface area contributed by atoms with Gasteiger partial charge in [0.05, 0.1) is 18.7 Å². The number of nitrogens with zero attached hydrogens (tertiary/aromatic N) is 6. The smallest absolute Gasteiger partial charge is 0.260 e. The lowest BCUT2D eigenvalue weighted by Gasteiger charge is -1.99. The Morgan fingerprint density at radius 2 is 1.64 bits per heavy atom. The summed E-state index contributed by atoms with van der Waals surface area (Å²) in [4.78, 5) is 32.7. The van der Waals surface area contributed by atoms with E-state index in [0.29, 0.717) is 28.7 Å². The minimum absolute atomic E-state index is 0.0880. The molecule has 5 aromatic heterocycles. The van der Waals surface area contributed by atoms with Crippen LogP contribution in [0.1, 0.15) is 16.2 Å². The van der Waals surface area contributed by atoms with Crippen molar-refractivity contribution in [3.05, 3.63) is 103 Å². The van der Waals surface area contributed by atoms with Gasteiger partial charge >= 0.3 is 0 Å². The summed E-state index contributed by atoms with van der Waals surface area (Å²) in [6.45, 7) is 0. The number of ketones is 1. The minimum Gasteiger partial charge on any atom is -0.463 e. The highest BCUT2D eigenvalue weighted by Crippen LogP contribution is 2.18. The van der Waals surface area contributed by atoms with Crippen LogP contribution in [0.15, 0.2) is 106 Å². The van der Waals surface area contributed by atoms with Crippen LogP contribution in [0.5, 0.6) is 0 Å². The van der Waals surface area contributed by atoms with Crippen molar-refractivity contribution in [2.75, 3.05) is 0 Å². The number of hydrazone groups is 1. The van der Waals surface area contributed by atoms with Crippen LogP contribution >= 0.6 is 0 Å². The number of pyridine rings is 2. The fourth-order valence-electron chi connectivity index (χ4n) is 2.51. The molecule has 5 heterocycles. The molecule has 0 saturated heterocycles. The van der Waals surface area contributed by atoms with E-state index in [4.69, 9.17) is 16.0 Å². The minimum atomic E-state index is -0.625. The summed E-state index contributed by atoms with van der Waals surface area (Å²) in [6, 6.07) is 17.5. The molecule has 36 heavy (non-hydrogen) atoms. The van der Waals surface area contributed by atoms with Crippen molar-refractivity contribution in [1.82, 2.24) is 25.1 Å². The highest BCUT2D eigenvalue weighted by atomic mass is 16.3. The van der Waals surface area contributed by atoms with Crippen LogP contribution < -0.4 is 11.6 Å². The molecule has 12 heteroatoms. The molecule has 0 spiro atoms. The number of carbonyl (C=O) groups excluding carboxylic acids is 2. The molecule has 5 rings (SSSR count). The van der Waals surface area contributed by atoms with Gasteiger partial charge in [-0.3, -0.25) is 19.6 Å². The number of Topliss-reactive ketones (excluding diaryl/α,β-unsaturated/α-hetero) is 1. The number of rotatable bonds is 5. The molecule has 0 aromatic carbocycles. The van der Waals surface area contributed by atoms with Crippen molar-refractivity contribution in [2.45, 2.75) is 0 Å². The Morgan fingerprint density at radius 1 is 0.889 bits per heavy atom. The van der Waals surface area contributed by atoms with Gasteiger partial charge in [-0.1, -0.05) is 12.1 Å². The third kappa shape index (κ3) is 7.25. The summed E-state index contributed by atoms with van der Waals surface area (Å²) >= 11 is 0. The van der Waals surface area contributed by atoms with Gasteiger partial charge in [-0.2, -0.15) is 10.2 Å². The average molecular weight is 484 g/mol. The topological polar surface area (TPSA) is 189 Å². The maximum Gasteiger partial charge on any atom is 0.260 e. The first-order valence-electron chi connectivity index (χ1n) is 10.2. The van der Waals surface area contributed by atoms with Gasteiger partial charge in [0, 0.05) is 12.4 Å². The van der Waals surface area contributed by atoms with Gasteiger partial charge in [0.15, 0.2) is 23.6 Å². The molecule has 0 fully saturated rings. The third-order valence-electron chi connectivity index (χ3n) is 4.16. The Bertz CT molecular complexity index is 1370. The number of amidine groups is 1. The summed E-state index contributed by atoms with van der Waals surface area (Å²) in [7, 11) is 0. The van der Waals surface area contributed by atoms with Crippen molar-refractivity contribution in [3.8, 4) is 23.0 Å². The van der Waals surface area contributed by atoms with E-state index in [2.05, 4.69) is 34.7 Å². The van der Waals surface area contributed by atoms with Gasteiger partial charge in [0.25, 0.3) is 5.78 Å². The molecule has 12 nitrogen and oxygen atoms in total. The van der Waals surface area contributed by atoms with Crippen LogP contribution in [0, 0.1) is 0 Å². The fraction of sp³-hybridized carbons (Fsp3) is 0. The van der Waals surface area contributed by atoms with Crippen LogP contribution in [-0.4, -0.2) is 43.1 Å². The van der Waals surface area contributed by atoms with Gasteiger partial charge in [0.2, 0.25) is 5.82 Å². The number of aldehydes is 1. The number of aromatic nitrogens is 5. The zero-order valence-corrected chi connectivity index (χ0v) is 18.7. The van der Waals surface area contributed by atoms with E-state index >= 15 is 0 Å². The molecule has 0 amide bonds. The van der Waals surface area contributed by atoms with E-state index in [1.165, 1.54) is 12.3 Å². The van der Waals surface area contributed by atoms with Gasteiger partial charge in [0.1, 0.15) is 17.1 Å². The first kappa shape index (κ1) is 25.1. The van der Waals surface area contributed by atoms with Gasteiger partial charge in [-0.25, -0.2) is 4.98 Å². The molecule has 4 N–H and O–H groups in total. The molecule has 0 aliphatic carbocycles. The Balaban J connectivity index is 0.000000163. The summed E-state index contributed by atoms with van der Waals surface area (Å²) in [5.41, 5.74) is 7.29. The second-order valence-electron chi connectivity index (χ2n) is 6.55. The number of hydrogen-bond acceptors (Lipinski definition) is 11. The van der Waals surface area contributed by atoms with Crippen molar-refractivity contribution in [2.24, 2.45) is 16.7 Å². The fourth-order valence-corrected chi connectivity index (χ4v) is 2.51. The van der Waals surface area contributed by atoms with E-state index in [1.807, 2.05) is 30.3 Å².